The molecule has 9 heteroatoms. The van der Waals surface area contributed by atoms with Crippen LogP contribution in [0.15, 0.2) is 48.5 Å². The first kappa shape index (κ1) is 24.3. The number of halogens is 1. The number of hydrogen-bond acceptors (Lipinski definition) is 7. The van der Waals surface area contributed by atoms with E-state index < -0.39 is 18.5 Å². The second kappa shape index (κ2) is 12.6. The van der Waals surface area contributed by atoms with Crippen LogP contribution in [0.4, 0.5) is 5.69 Å². The van der Waals surface area contributed by atoms with Crippen LogP contribution in [0.25, 0.3) is 6.08 Å². The Bertz CT molecular complexity index is 1070. The number of carbonyl (C=O) groups excluding carboxylic acids is 2. The van der Waals surface area contributed by atoms with Crippen molar-refractivity contribution >= 4 is 35.2 Å². The standard InChI is InChI=1S/C23H20ClN3O5/c1-30-21-14-17(6-8-20(21)31-13-11-26)7-9-23(29)32-16-22(28)27(12-3-10-25)19-5-2-4-18(24)15-19/h2,4-9,14-15H,3,12-13,16H2,1H3/b9-7+. The molecule has 2 aromatic rings. The first-order chi connectivity index (χ1) is 15.5. The first-order valence-electron chi connectivity index (χ1n) is 9.44. The van der Waals surface area contributed by atoms with E-state index in [1.165, 1.54) is 24.2 Å². The molecule has 8 nitrogen and oxygen atoms in total. The highest BCUT2D eigenvalue weighted by atomic mass is 35.5. The molecular formula is C23H20ClN3O5. The molecule has 0 bridgehead atoms. The smallest absolute Gasteiger partial charge is 0.331 e. The molecule has 1 amide bonds. The highest BCUT2D eigenvalue weighted by molar-refractivity contribution is 6.30. The molecule has 0 fully saturated rings. The predicted molar refractivity (Wildman–Crippen MR) is 118 cm³/mol. The van der Waals surface area contributed by atoms with E-state index in [0.717, 1.165) is 0 Å². The van der Waals surface area contributed by atoms with Crippen molar-refractivity contribution in [3.05, 3.63) is 59.1 Å². The number of rotatable bonds is 10. The molecule has 0 N–H and O–H groups in total. The van der Waals surface area contributed by atoms with Gasteiger partial charge in [0.15, 0.2) is 24.7 Å². The summed E-state index contributed by atoms with van der Waals surface area (Å²) in [6.45, 7) is -0.471. The molecule has 0 aliphatic rings. The monoisotopic (exact) mass is 453 g/mol. The van der Waals surface area contributed by atoms with E-state index in [-0.39, 0.29) is 19.6 Å². The van der Waals surface area contributed by atoms with Crippen LogP contribution in [0.5, 0.6) is 11.5 Å². The molecule has 32 heavy (non-hydrogen) atoms. The minimum atomic E-state index is -0.714. The summed E-state index contributed by atoms with van der Waals surface area (Å²) in [5.74, 6) is -0.392. The van der Waals surface area contributed by atoms with Gasteiger partial charge in [-0.1, -0.05) is 23.7 Å². The Morgan fingerprint density at radius 3 is 2.62 bits per heavy atom. The van der Waals surface area contributed by atoms with Crippen LogP contribution < -0.4 is 14.4 Å². The lowest BCUT2D eigenvalue weighted by molar-refractivity contribution is -0.142. The van der Waals surface area contributed by atoms with Crippen molar-refractivity contribution in [3.63, 3.8) is 0 Å². The van der Waals surface area contributed by atoms with Gasteiger partial charge >= 0.3 is 5.97 Å². The molecule has 0 heterocycles. The molecule has 0 unspecified atom stereocenters. The summed E-state index contributed by atoms with van der Waals surface area (Å²) < 4.78 is 15.5. The highest BCUT2D eigenvalue weighted by Crippen LogP contribution is 2.28. The van der Waals surface area contributed by atoms with E-state index in [4.69, 9.17) is 36.3 Å². The van der Waals surface area contributed by atoms with Gasteiger partial charge in [-0.15, -0.1) is 0 Å². The molecular weight excluding hydrogens is 434 g/mol. The Kier molecular flexibility index (Phi) is 9.58. The predicted octanol–water partition coefficient (Wildman–Crippen LogP) is 3.75. The molecule has 0 saturated carbocycles. The van der Waals surface area contributed by atoms with Gasteiger partial charge in [0.05, 0.1) is 19.6 Å². The van der Waals surface area contributed by atoms with Crippen LogP contribution in [-0.2, 0) is 14.3 Å². The van der Waals surface area contributed by atoms with Gasteiger partial charge in [0, 0.05) is 23.3 Å². The van der Waals surface area contributed by atoms with E-state index in [1.807, 2.05) is 12.1 Å². The molecule has 0 saturated heterocycles. The van der Waals surface area contributed by atoms with Gasteiger partial charge in [-0.05, 0) is 42.0 Å². The van der Waals surface area contributed by atoms with Gasteiger partial charge in [-0.2, -0.15) is 10.5 Å². The number of nitriles is 2. The summed E-state index contributed by atoms with van der Waals surface area (Å²) in [5.41, 5.74) is 1.14. The van der Waals surface area contributed by atoms with Crippen LogP contribution in [-0.4, -0.2) is 38.7 Å². The number of benzene rings is 2. The second-order valence-electron chi connectivity index (χ2n) is 6.23. The summed E-state index contributed by atoms with van der Waals surface area (Å²) in [4.78, 5) is 26.0. The van der Waals surface area contributed by atoms with E-state index in [2.05, 4.69) is 0 Å². The fourth-order valence-electron chi connectivity index (χ4n) is 2.64. The second-order valence-corrected chi connectivity index (χ2v) is 6.67. The fraction of sp³-hybridized carbons (Fsp3) is 0.217. The van der Waals surface area contributed by atoms with Crippen molar-refractivity contribution in [3.8, 4) is 23.6 Å². The maximum absolute atomic E-state index is 12.6. The normalized spacial score (nSPS) is 10.1. The molecule has 164 valence electrons. The number of ether oxygens (including phenoxy) is 3. The number of amides is 1. The summed E-state index contributed by atoms with van der Waals surface area (Å²) in [6, 6.07) is 15.4. The Hall–Kier alpha value is -4.01. The van der Waals surface area contributed by atoms with Gasteiger partial charge in [-0.25, -0.2) is 4.79 Å². The van der Waals surface area contributed by atoms with E-state index in [0.29, 0.717) is 27.8 Å². The summed E-state index contributed by atoms with van der Waals surface area (Å²) in [6.07, 6.45) is 2.78. The molecule has 0 aromatic heterocycles. The Labute approximate surface area is 190 Å². The van der Waals surface area contributed by atoms with Crippen LogP contribution in [0.2, 0.25) is 5.02 Å². The Morgan fingerprint density at radius 2 is 1.94 bits per heavy atom. The summed E-state index contributed by atoms with van der Waals surface area (Å²) in [5, 5.41) is 17.9. The van der Waals surface area contributed by atoms with Gasteiger partial charge in [0.2, 0.25) is 0 Å². The molecule has 0 aliphatic heterocycles. The zero-order valence-electron chi connectivity index (χ0n) is 17.3. The lowest BCUT2D eigenvalue weighted by atomic mass is 10.2. The average Bonchev–Trinajstić information content (AvgIpc) is 2.80. The summed E-state index contributed by atoms with van der Waals surface area (Å²) >= 11 is 5.98. The molecule has 2 aromatic carbocycles. The number of methoxy groups -OCH3 is 1. The van der Waals surface area contributed by atoms with Gasteiger partial charge < -0.3 is 19.1 Å². The van der Waals surface area contributed by atoms with Crippen molar-refractivity contribution < 1.29 is 23.8 Å². The lowest BCUT2D eigenvalue weighted by Crippen LogP contribution is -2.35. The zero-order valence-corrected chi connectivity index (χ0v) is 18.0. The van der Waals surface area contributed by atoms with Crippen molar-refractivity contribution in [2.75, 3.05) is 31.8 Å². The van der Waals surface area contributed by atoms with E-state index in [9.17, 15) is 9.59 Å². The largest absolute Gasteiger partial charge is 0.493 e. The van der Waals surface area contributed by atoms with Gasteiger partial charge in [-0.3, -0.25) is 4.79 Å². The quantitative estimate of drug-likeness (QED) is 0.397. The zero-order chi connectivity index (χ0) is 23.3. The van der Waals surface area contributed by atoms with Crippen LogP contribution in [0.3, 0.4) is 0 Å². The van der Waals surface area contributed by atoms with Gasteiger partial charge in [0.1, 0.15) is 6.07 Å². The minimum absolute atomic E-state index is 0.113. The molecule has 0 radical (unpaired) electrons. The number of anilines is 1. The average molecular weight is 454 g/mol. The van der Waals surface area contributed by atoms with E-state index in [1.54, 1.807) is 42.5 Å². The number of esters is 1. The minimum Gasteiger partial charge on any atom is -0.493 e. The first-order valence-corrected chi connectivity index (χ1v) is 9.81. The number of hydrogen-bond donors (Lipinski definition) is 0. The maximum atomic E-state index is 12.6. The molecule has 0 spiro atoms. The third kappa shape index (κ3) is 7.35. The van der Waals surface area contributed by atoms with E-state index >= 15 is 0 Å². The Morgan fingerprint density at radius 1 is 1.12 bits per heavy atom. The summed E-state index contributed by atoms with van der Waals surface area (Å²) in [7, 11) is 1.46. The molecule has 0 atom stereocenters. The van der Waals surface area contributed by atoms with Crippen LogP contribution in [0.1, 0.15) is 12.0 Å². The number of nitrogens with zero attached hydrogens (tertiary/aromatic N) is 3. The fourth-order valence-corrected chi connectivity index (χ4v) is 2.83. The van der Waals surface area contributed by atoms with Crippen molar-refractivity contribution in [2.45, 2.75) is 6.42 Å². The Balaban J connectivity index is 2.00. The SMILES string of the molecule is COc1cc(/C=C/C(=O)OCC(=O)N(CCC#N)c2cccc(Cl)c2)ccc1OCC#N. The lowest BCUT2D eigenvalue weighted by Gasteiger charge is -2.21. The van der Waals surface area contributed by atoms with Crippen LogP contribution >= 0.6 is 11.6 Å². The topological polar surface area (TPSA) is 113 Å². The van der Waals surface area contributed by atoms with Gasteiger partial charge in [0.25, 0.3) is 5.91 Å². The highest BCUT2D eigenvalue weighted by Gasteiger charge is 2.17. The van der Waals surface area contributed by atoms with Crippen molar-refractivity contribution in [1.29, 1.82) is 10.5 Å². The maximum Gasteiger partial charge on any atom is 0.331 e. The number of carbonyl (C=O) groups is 2. The molecule has 0 aliphatic carbocycles. The third-order valence-corrected chi connectivity index (χ3v) is 4.33. The van der Waals surface area contributed by atoms with Crippen molar-refractivity contribution in [2.24, 2.45) is 0 Å². The molecule has 2 rings (SSSR count). The van der Waals surface area contributed by atoms with Crippen molar-refractivity contribution in [1.82, 2.24) is 0 Å². The van der Waals surface area contributed by atoms with Crippen LogP contribution in [0, 0.1) is 22.7 Å². The third-order valence-electron chi connectivity index (χ3n) is 4.10.